The van der Waals surface area contributed by atoms with Gasteiger partial charge in [-0.15, -0.1) is 0 Å². The number of pyridine rings is 3. The van der Waals surface area contributed by atoms with Gasteiger partial charge in [-0.1, -0.05) is 0 Å². The van der Waals surface area contributed by atoms with E-state index in [0.29, 0.717) is 16.8 Å². The Bertz CT molecular complexity index is 1430. The molecule has 0 saturated carbocycles. The number of piperidine rings is 1. The van der Waals surface area contributed by atoms with Gasteiger partial charge < -0.3 is 16.0 Å². The fraction of sp³-hybridized carbons (Fsp3) is 0.292. The van der Waals surface area contributed by atoms with E-state index in [-0.39, 0.29) is 11.7 Å². The number of hydrogen-bond donors (Lipinski definition) is 3. The maximum atomic E-state index is 13.2. The highest BCUT2D eigenvalue weighted by Gasteiger charge is 2.23. The quantitative estimate of drug-likeness (QED) is 0.409. The summed E-state index contributed by atoms with van der Waals surface area (Å²) in [7, 11) is 3.58. The van der Waals surface area contributed by atoms with Gasteiger partial charge in [0.15, 0.2) is 0 Å². The number of rotatable bonds is 5. The van der Waals surface area contributed by atoms with Crippen molar-refractivity contribution in [2.45, 2.75) is 18.9 Å². The molecule has 4 aromatic heterocycles. The van der Waals surface area contributed by atoms with Crippen molar-refractivity contribution >= 4 is 33.9 Å². The zero-order valence-electron chi connectivity index (χ0n) is 18.7. The van der Waals surface area contributed by atoms with Crippen molar-refractivity contribution in [2.75, 3.05) is 20.1 Å². The van der Waals surface area contributed by atoms with E-state index in [2.05, 4.69) is 20.6 Å². The van der Waals surface area contributed by atoms with Gasteiger partial charge in [-0.2, -0.15) is 0 Å². The van der Waals surface area contributed by atoms with E-state index in [1.54, 1.807) is 37.3 Å². The molecule has 1 unspecified atom stereocenters. The Morgan fingerprint density at radius 1 is 1.24 bits per heavy atom. The average Bonchev–Trinajstić information content (AvgIpc) is 3.13. The lowest BCUT2D eigenvalue weighted by Gasteiger charge is -2.24. The normalized spacial score (nSPS) is 16.9. The Kier molecular flexibility index (Phi) is 5.47. The van der Waals surface area contributed by atoms with Gasteiger partial charge in [0, 0.05) is 50.4 Å². The van der Waals surface area contributed by atoms with Crippen molar-refractivity contribution in [2.24, 2.45) is 7.05 Å². The first kappa shape index (κ1) is 21.0. The van der Waals surface area contributed by atoms with Crippen LogP contribution in [0.4, 0.5) is 0 Å². The van der Waals surface area contributed by atoms with Crippen LogP contribution in [0.25, 0.3) is 38.9 Å². The van der Waals surface area contributed by atoms with Gasteiger partial charge in [-0.3, -0.25) is 19.1 Å². The Balaban J connectivity index is 1.66. The van der Waals surface area contributed by atoms with Crippen LogP contribution in [0.1, 0.15) is 24.6 Å². The average molecular weight is 443 g/mol. The molecule has 0 aliphatic carbocycles. The lowest BCUT2D eigenvalue weighted by molar-refractivity contribution is 0.369. The summed E-state index contributed by atoms with van der Waals surface area (Å²) in [5, 5.41) is 13.9. The number of allylic oxidation sites excluding steroid dienone is 1. The van der Waals surface area contributed by atoms with Gasteiger partial charge in [-0.25, -0.2) is 9.78 Å². The van der Waals surface area contributed by atoms with Crippen LogP contribution >= 0.6 is 0 Å². The third kappa shape index (κ3) is 3.60. The van der Waals surface area contributed by atoms with Crippen LogP contribution in [0.15, 0.2) is 47.7 Å². The summed E-state index contributed by atoms with van der Waals surface area (Å²) in [5.74, 6) is 0. The first-order valence-electron chi connectivity index (χ1n) is 11.0. The monoisotopic (exact) mass is 442 g/mol. The minimum absolute atomic E-state index is 0.0401. The molecule has 9 nitrogen and oxygen atoms in total. The van der Waals surface area contributed by atoms with Crippen molar-refractivity contribution in [1.82, 2.24) is 34.7 Å². The number of aromatic nitrogens is 5. The van der Waals surface area contributed by atoms with Gasteiger partial charge in [-0.05, 0) is 43.7 Å². The number of nitrogens with one attached hydrogen (secondary N) is 3. The smallest absolute Gasteiger partial charge is 0.329 e. The molecular weight excluding hydrogens is 416 g/mol. The van der Waals surface area contributed by atoms with Crippen LogP contribution in [0.2, 0.25) is 0 Å². The molecule has 5 rings (SSSR count). The standard InChI is InChI=1S/C24H26N8O/c1-26-11-16(10-25)18-6-5-15(12-28-18)19-7-8-20-22(30-19)23-21(14-29-20)31(2)24(33)32(23)17-4-3-9-27-13-17/h5-8,10-12,14,17,25-27H,3-4,9,13H2,1-2H3/b16-11+,25-10?. The molecule has 1 atom stereocenters. The molecule has 4 aromatic rings. The first-order chi connectivity index (χ1) is 16.1. The molecule has 168 valence electrons. The van der Waals surface area contributed by atoms with Gasteiger partial charge >= 0.3 is 5.69 Å². The highest BCUT2D eigenvalue weighted by Crippen LogP contribution is 2.28. The molecule has 1 aliphatic rings. The van der Waals surface area contributed by atoms with Crippen molar-refractivity contribution in [3.63, 3.8) is 0 Å². The van der Waals surface area contributed by atoms with Crippen LogP contribution in [-0.4, -0.2) is 50.4 Å². The summed E-state index contributed by atoms with van der Waals surface area (Å²) in [5.41, 5.74) is 6.05. The topological polar surface area (TPSA) is 114 Å². The van der Waals surface area contributed by atoms with Crippen LogP contribution in [0, 0.1) is 5.41 Å². The van der Waals surface area contributed by atoms with E-state index in [1.807, 2.05) is 28.8 Å². The van der Waals surface area contributed by atoms with Crippen molar-refractivity contribution in [1.29, 1.82) is 5.41 Å². The third-order valence-electron chi connectivity index (χ3n) is 6.21. The summed E-state index contributed by atoms with van der Waals surface area (Å²) in [6, 6.07) is 7.77. The molecule has 1 aliphatic heterocycles. The molecule has 1 fully saturated rings. The van der Waals surface area contributed by atoms with Gasteiger partial charge in [0.2, 0.25) is 0 Å². The van der Waals surface area contributed by atoms with Crippen LogP contribution in [0.5, 0.6) is 0 Å². The number of hydrogen-bond acceptors (Lipinski definition) is 7. The lowest BCUT2D eigenvalue weighted by Crippen LogP contribution is -2.36. The molecule has 0 spiro atoms. The molecule has 9 heteroatoms. The zero-order valence-corrected chi connectivity index (χ0v) is 18.7. The Morgan fingerprint density at radius 2 is 2.12 bits per heavy atom. The van der Waals surface area contributed by atoms with E-state index in [0.717, 1.165) is 53.7 Å². The molecule has 0 aromatic carbocycles. The largest absolute Gasteiger partial charge is 0.393 e. The van der Waals surface area contributed by atoms with Crippen molar-refractivity contribution in [3.05, 3.63) is 59.0 Å². The molecule has 0 bridgehead atoms. The lowest BCUT2D eigenvalue weighted by atomic mass is 10.1. The second-order valence-corrected chi connectivity index (χ2v) is 8.23. The molecule has 5 heterocycles. The Labute approximate surface area is 190 Å². The van der Waals surface area contributed by atoms with E-state index >= 15 is 0 Å². The van der Waals surface area contributed by atoms with Crippen LogP contribution in [0.3, 0.4) is 0 Å². The minimum atomic E-state index is -0.0401. The van der Waals surface area contributed by atoms with E-state index in [9.17, 15) is 4.79 Å². The summed E-state index contributed by atoms with van der Waals surface area (Å²) >= 11 is 0. The van der Waals surface area contributed by atoms with Crippen molar-refractivity contribution in [3.8, 4) is 11.3 Å². The Morgan fingerprint density at radius 3 is 2.82 bits per heavy atom. The highest BCUT2D eigenvalue weighted by molar-refractivity contribution is 6.07. The fourth-order valence-corrected chi connectivity index (χ4v) is 4.50. The molecule has 0 radical (unpaired) electrons. The maximum absolute atomic E-state index is 13.2. The number of nitrogens with zero attached hydrogens (tertiary/aromatic N) is 5. The SMILES string of the molecule is CN/C=C(\C=N)c1ccc(-c2ccc3ncc4c(c3n2)n(C2CCCNC2)c(=O)n4C)cn1. The number of aryl methyl sites for hydroxylation is 1. The second kappa shape index (κ2) is 8.59. The predicted octanol–water partition coefficient (Wildman–Crippen LogP) is 2.48. The number of fused-ring (bicyclic) bond motifs is 3. The summed E-state index contributed by atoms with van der Waals surface area (Å²) < 4.78 is 3.55. The van der Waals surface area contributed by atoms with E-state index in [1.165, 1.54) is 6.21 Å². The molecular formula is C24H26N8O. The first-order valence-corrected chi connectivity index (χ1v) is 11.0. The molecule has 33 heavy (non-hydrogen) atoms. The van der Waals surface area contributed by atoms with Gasteiger partial charge in [0.25, 0.3) is 0 Å². The van der Waals surface area contributed by atoms with Gasteiger partial charge in [0.1, 0.15) is 5.52 Å². The Hall–Kier alpha value is -3.85. The molecule has 0 amide bonds. The number of imidazole rings is 1. The van der Waals surface area contributed by atoms with Crippen LogP contribution < -0.4 is 16.3 Å². The minimum Gasteiger partial charge on any atom is -0.393 e. The summed E-state index contributed by atoms with van der Waals surface area (Å²) in [6.07, 6.45) is 8.51. The van der Waals surface area contributed by atoms with E-state index in [4.69, 9.17) is 10.4 Å². The maximum Gasteiger partial charge on any atom is 0.329 e. The van der Waals surface area contributed by atoms with E-state index < -0.39 is 0 Å². The van der Waals surface area contributed by atoms with Gasteiger partial charge in [0.05, 0.1) is 40.2 Å². The van der Waals surface area contributed by atoms with Crippen molar-refractivity contribution < 1.29 is 0 Å². The zero-order chi connectivity index (χ0) is 22.9. The second-order valence-electron chi connectivity index (χ2n) is 8.23. The predicted molar refractivity (Wildman–Crippen MR) is 130 cm³/mol. The fourth-order valence-electron chi connectivity index (χ4n) is 4.50. The third-order valence-corrected chi connectivity index (χ3v) is 6.21. The van der Waals surface area contributed by atoms with Crippen LogP contribution in [-0.2, 0) is 7.05 Å². The highest BCUT2D eigenvalue weighted by atomic mass is 16.1. The summed E-state index contributed by atoms with van der Waals surface area (Å²) in [4.78, 5) is 27.2. The molecule has 3 N–H and O–H groups in total. The molecule has 1 saturated heterocycles. The summed E-state index contributed by atoms with van der Waals surface area (Å²) in [6.45, 7) is 1.75.